The van der Waals surface area contributed by atoms with Crippen molar-refractivity contribution >= 4 is 11.7 Å². The second-order valence-electron chi connectivity index (χ2n) is 5.12. The van der Waals surface area contributed by atoms with Gasteiger partial charge in [-0.15, -0.1) is 0 Å². The molecule has 7 nitrogen and oxygen atoms in total. The average molecular weight is 347 g/mol. The van der Waals surface area contributed by atoms with Gasteiger partial charge in [0.15, 0.2) is 11.5 Å². The summed E-state index contributed by atoms with van der Waals surface area (Å²) in [4.78, 5) is 15.3. The first kappa shape index (κ1) is 18.2. The fourth-order valence-corrected chi connectivity index (χ4v) is 2.20. The highest BCUT2D eigenvalue weighted by atomic mass is 19.1. The van der Waals surface area contributed by atoms with Crippen molar-refractivity contribution in [2.45, 2.75) is 6.61 Å². The maximum atomic E-state index is 12.9. The zero-order chi connectivity index (χ0) is 16.9. The molecule has 4 N–H and O–H groups in total. The highest BCUT2D eigenvalue weighted by Crippen LogP contribution is 2.29. The molecule has 2 aromatic rings. The molecule has 0 saturated carbocycles. The van der Waals surface area contributed by atoms with Crippen LogP contribution in [-0.4, -0.2) is 30.9 Å². The molecule has 0 bridgehead atoms. The molecular weight excluding hydrogens is 329 g/mol. The van der Waals surface area contributed by atoms with Crippen LogP contribution in [0.25, 0.3) is 0 Å². The Hall–Kier alpha value is -3.13. The van der Waals surface area contributed by atoms with Crippen LogP contribution in [0.2, 0.25) is 0 Å². The molecule has 8 heteroatoms. The Balaban J connectivity index is 0.00000225. The monoisotopic (exact) mass is 347 g/mol. The Labute approximate surface area is 143 Å². The summed E-state index contributed by atoms with van der Waals surface area (Å²) in [5, 5.41) is 0. The highest BCUT2D eigenvalue weighted by Gasteiger charge is 2.14. The number of carbonyl (C=O) groups is 1. The fourth-order valence-electron chi connectivity index (χ4n) is 2.20. The minimum atomic E-state index is -0.284. The summed E-state index contributed by atoms with van der Waals surface area (Å²) in [6, 6.07) is 11.5. The summed E-state index contributed by atoms with van der Waals surface area (Å²) >= 11 is 0. The van der Waals surface area contributed by atoms with E-state index in [9.17, 15) is 9.18 Å². The normalized spacial score (nSPS) is 13.0. The lowest BCUT2D eigenvalue weighted by Gasteiger charge is -2.17. The van der Waals surface area contributed by atoms with Gasteiger partial charge in [-0.2, -0.15) is 0 Å². The van der Waals surface area contributed by atoms with E-state index in [4.69, 9.17) is 9.47 Å². The molecule has 0 spiro atoms. The molecule has 0 aromatic heterocycles. The van der Waals surface area contributed by atoms with E-state index in [1.54, 1.807) is 31.4 Å². The topological polar surface area (TPSA) is 103 Å². The molecule has 25 heavy (non-hydrogen) atoms. The number of methoxy groups -OCH3 is 1. The first-order chi connectivity index (χ1) is 11.7. The summed E-state index contributed by atoms with van der Waals surface area (Å²) in [7, 11) is 1.54. The zero-order valence-corrected chi connectivity index (χ0v) is 13.5. The van der Waals surface area contributed by atoms with Crippen molar-refractivity contribution in [2.24, 2.45) is 4.99 Å². The number of amides is 1. The molecule has 1 heterocycles. The summed E-state index contributed by atoms with van der Waals surface area (Å²) < 4.78 is 24.0. The van der Waals surface area contributed by atoms with Gasteiger partial charge in [0.05, 0.1) is 7.11 Å². The van der Waals surface area contributed by atoms with Gasteiger partial charge in [-0.05, 0) is 35.9 Å². The first-order valence-corrected chi connectivity index (χ1v) is 7.30. The molecule has 1 aliphatic heterocycles. The molecule has 0 fully saturated rings. The summed E-state index contributed by atoms with van der Waals surface area (Å²) in [5.74, 6) is 1.18. The standard InChI is InChI=1S/C17H16FN3O3.H2O/c1-23-15-8-12(17-19-9-16(22)20-21-17)4-7-14(15)24-10-11-2-5-13(18)6-3-11;/h2-8H,9-10H2,1H3,(H,19,21)(H,20,22);1H2. The lowest BCUT2D eigenvalue weighted by Crippen LogP contribution is -2.47. The number of benzene rings is 2. The second kappa shape index (κ2) is 8.11. The maximum Gasteiger partial charge on any atom is 0.260 e. The number of amidine groups is 1. The van der Waals surface area contributed by atoms with Crippen LogP contribution in [0.4, 0.5) is 4.39 Å². The Morgan fingerprint density at radius 1 is 1.12 bits per heavy atom. The van der Waals surface area contributed by atoms with Crippen molar-refractivity contribution in [2.75, 3.05) is 13.7 Å². The van der Waals surface area contributed by atoms with Crippen molar-refractivity contribution in [3.8, 4) is 11.5 Å². The number of hydrazine groups is 1. The molecule has 0 atom stereocenters. The van der Waals surface area contributed by atoms with E-state index in [0.717, 1.165) is 11.1 Å². The van der Waals surface area contributed by atoms with E-state index < -0.39 is 0 Å². The van der Waals surface area contributed by atoms with Crippen molar-refractivity contribution in [3.05, 3.63) is 59.4 Å². The molecule has 0 radical (unpaired) electrons. The first-order valence-electron chi connectivity index (χ1n) is 7.30. The molecular formula is C17H18FN3O4. The highest BCUT2D eigenvalue weighted by molar-refractivity contribution is 6.03. The fraction of sp³-hybridized carbons (Fsp3) is 0.176. The SMILES string of the molecule is COc1cc(C2=NCC(=O)NN2)ccc1OCc1ccc(F)cc1.O. The summed E-state index contributed by atoms with van der Waals surface area (Å²) in [5.41, 5.74) is 6.86. The number of ether oxygens (including phenoxy) is 2. The third kappa shape index (κ3) is 4.45. The molecule has 132 valence electrons. The van der Waals surface area contributed by atoms with Crippen LogP contribution in [0, 0.1) is 5.82 Å². The lowest BCUT2D eigenvalue weighted by molar-refractivity contribution is -0.120. The Morgan fingerprint density at radius 2 is 1.88 bits per heavy atom. The van der Waals surface area contributed by atoms with E-state index >= 15 is 0 Å². The van der Waals surface area contributed by atoms with Crippen LogP contribution in [0.5, 0.6) is 11.5 Å². The van der Waals surface area contributed by atoms with Crippen molar-refractivity contribution in [1.29, 1.82) is 0 Å². The Kier molecular flexibility index (Phi) is 5.91. The van der Waals surface area contributed by atoms with Gasteiger partial charge >= 0.3 is 0 Å². The molecule has 1 aliphatic rings. The summed E-state index contributed by atoms with van der Waals surface area (Å²) in [6.45, 7) is 0.374. The van der Waals surface area contributed by atoms with Crippen LogP contribution in [0.15, 0.2) is 47.5 Å². The second-order valence-corrected chi connectivity index (χ2v) is 5.12. The minimum absolute atomic E-state index is 0. The van der Waals surface area contributed by atoms with Crippen molar-refractivity contribution < 1.29 is 24.1 Å². The van der Waals surface area contributed by atoms with E-state index in [1.165, 1.54) is 12.1 Å². The number of aliphatic imine (C=N–C) groups is 1. The smallest absolute Gasteiger partial charge is 0.260 e. The number of halogens is 1. The van der Waals surface area contributed by atoms with Gasteiger partial charge < -0.3 is 14.9 Å². The van der Waals surface area contributed by atoms with Crippen LogP contribution in [-0.2, 0) is 11.4 Å². The quantitative estimate of drug-likeness (QED) is 0.841. The van der Waals surface area contributed by atoms with Crippen molar-refractivity contribution in [1.82, 2.24) is 10.9 Å². The number of hydrogen-bond acceptors (Lipinski definition) is 5. The Morgan fingerprint density at radius 3 is 2.52 bits per heavy atom. The molecule has 3 rings (SSSR count). The Bertz CT molecular complexity index is 778. The predicted octanol–water partition coefficient (Wildman–Crippen LogP) is 0.970. The van der Waals surface area contributed by atoms with E-state index in [0.29, 0.717) is 23.9 Å². The maximum absolute atomic E-state index is 12.9. The van der Waals surface area contributed by atoms with Gasteiger partial charge in [-0.1, -0.05) is 12.1 Å². The van der Waals surface area contributed by atoms with Crippen molar-refractivity contribution in [3.63, 3.8) is 0 Å². The number of nitrogens with one attached hydrogen (secondary N) is 2. The van der Waals surface area contributed by atoms with Gasteiger partial charge in [0.1, 0.15) is 24.8 Å². The summed E-state index contributed by atoms with van der Waals surface area (Å²) in [6.07, 6.45) is 0. The predicted molar refractivity (Wildman–Crippen MR) is 90.0 cm³/mol. The number of carbonyl (C=O) groups excluding carboxylic acids is 1. The van der Waals surface area contributed by atoms with E-state index in [1.807, 2.05) is 6.07 Å². The van der Waals surface area contributed by atoms with Gasteiger partial charge in [0.2, 0.25) is 0 Å². The molecule has 0 unspecified atom stereocenters. The molecule has 2 aromatic carbocycles. The third-order valence-electron chi connectivity index (χ3n) is 3.45. The van der Waals surface area contributed by atoms with E-state index in [2.05, 4.69) is 15.8 Å². The molecule has 0 saturated heterocycles. The zero-order valence-electron chi connectivity index (χ0n) is 13.5. The van der Waals surface area contributed by atoms with Gasteiger partial charge in [-0.3, -0.25) is 20.6 Å². The average Bonchev–Trinajstić information content (AvgIpc) is 2.62. The number of rotatable bonds is 5. The largest absolute Gasteiger partial charge is 0.493 e. The molecule has 0 aliphatic carbocycles. The van der Waals surface area contributed by atoms with Crippen LogP contribution < -0.4 is 20.3 Å². The molecule has 1 amide bonds. The van der Waals surface area contributed by atoms with Crippen LogP contribution in [0.1, 0.15) is 11.1 Å². The number of hydrogen-bond donors (Lipinski definition) is 2. The third-order valence-corrected chi connectivity index (χ3v) is 3.45. The lowest BCUT2D eigenvalue weighted by atomic mass is 10.1. The van der Waals surface area contributed by atoms with Gasteiger partial charge in [0.25, 0.3) is 5.91 Å². The van der Waals surface area contributed by atoms with Gasteiger partial charge in [-0.25, -0.2) is 4.39 Å². The van der Waals surface area contributed by atoms with Crippen LogP contribution in [0.3, 0.4) is 0 Å². The van der Waals surface area contributed by atoms with E-state index in [-0.39, 0.29) is 23.7 Å². The minimum Gasteiger partial charge on any atom is -0.493 e. The number of nitrogens with zero attached hydrogens (tertiary/aromatic N) is 1. The van der Waals surface area contributed by atoms with Gasteiger partial charge in [0, 0.05) is 5.56 Å². The van der Waals surface area contributed by atoms with Crippen LogP contribution >= 0.6 is 0 Å².